The Morgan fingerprint density at radius 3 is 3.00 bits per heavy atom. The SMILES string of the molecule is CC(O)NC(=O)c1ccc2[nH]cc(CCN)c2c1. The predicted molar refractivity (Wildman–Crippen MR) is 70.2 cm³/mol. The number of hydrogen-bond donors (Lipinski definition) is 4. The van der Waals surface area contributed by atoms with Crippen molar-refractivity contribution in [3.8, 4) is 0 Å². The van der Waals surface area contributed by atoms with Crippen molar-refractivity contribution in [1.29, 1.82) is 0 Å². The highest BCUT2D eigenvalue weighted by molar-refractivity contribution is 5.98. The fourth-order valence-corrected chi connectivity index (χ4v) is 1.96. The van der Waals surface area contributed by atoms with E-state index in [1.54, 1.807) is 6.07 Å². The highest BCUT2D eigenvalue weighted by Crippen LogP contribution is 2.20. The van der Waals surface area contributed by atoms with Crippen LogP contribution in [-0.4, -0.2) is 28.8 Å². The molecule has 0 aliphatic carbocycles. The highest BCUT2D eigenvalue weighted by atomic mass is 16.3. The van der Waals surface area contributed by atoms with Gasteiger partial charge in [0.15, 0.2) is 0 Å². The smallest absolute Gasteiger partial charge is 0.253 e. The van der Waals surface area contributed by atoms with Gasteiger partial charge in [0.1, 0.15) is 6.23 Å². The van der Waals surface area contributed by atoms with Gasteiger partial charge in [-0.05, 0) is 43.7 Å². The van der Waals surface area contributed by atoms with Gasteiger partial charge >= 0.3 is 0 Å². The molecule has 0 spiro atoms. The van der Waals surface area contributed by atoms with E-state index < -0.39 is 6.23 Å². The summed E-state index contributed by atoms with van der Waals surface area (Å²) in [6.45, 7) is 2.07. The third-order valence-electron chi connectivity index (χ3n) is 2.78. The maximum Gasteiger partial charge on any atom is 0.253 e. The van der Waals surface area contributed by atoms with Crippen molar-refractivity contribution in [2.45, 2.75) is 19.6 Å². The van der Waals surface area contributed by atoms with Gasteiger partial charge in [-0.15, -0.1) is 0 Å². The number of fused-ring (bicyclic) bond motifs is 1. The Morgan fingerprint density at radius 2 is 2.33 bits per heavy atom. The van der Waals surface area contributed by atoms with E-state index in [9.17, 15) is 4.79 Å². The van der Waals surface area contributed by atoms with Crippen LogP contribution in [0.3, 0.4) is 0 Å². The molecule has 1 unspecified atom stereocenters. The lowest BCUT2D eigenvalue weighted by Crippen LogP contribution is -2.31. The van der Waals surface area contributed by atoms with Crippen LogP contribution in [0.5, 0.6) is 0 Å². The molecule has 5 nitrogen and oxygen atoms in total. The minimum Gasteiger partial charge on any atom is -0.374 e. The molecule has 0 radical (unpaired) electrons. The summed E-state index contributed by atoms with van der Waals surface area (Å²) < 4.78 is 0. The normalized spacial score (nSPS) is 12.6. The zero-order valence-corrected chi connectivity index (χ0v) is 10.2. The summed E-state index contributed by atoms with van der Waals surface area (Å²) >= 11 is 0. The standard InChI is InChI=1S/C13H17N3O2/c1-8(17)16-13(18)9-2-3-12-11(6-9)10(4-5-14)7-15-12/h2-3,6-8,15,17H,4-5,14H2,1H3,(H,16,18). The largest absolute Gasteiger partial charge is 0.374 e. The molecule has 0 aliphatic rings. The van der Waals surface area contributed by atoms with Crippen LogP contribution in [0.25, 0.3) is 10.9 Å². The van der Waals surface area contributed by atoms with Crippen molar-refractivity contribution in [1.82, 2.24) is 10.3 Å². The first kappa shape index (κ1) is 12.6. The molecule has 2 rings (SSSR count). The first-order chi connectivity index (χ1) is 8.61. The Morgan fingerprint density at radius 1 is 1.56 bits per heavy atom. The minimum absolute atomic E-state index is 0.285. The topological polar surface area (TPSA) is 91.1 Å². The summed E-state index contributed by atoms with van der Waals surface area (Å²) in [5, 5.41) is 12.6. The van der Waals surface area contributed by atoms with E-state index in [4.69, 9.17) is 10.8 Å². The molecule has 0 aliphatic heterocycles. The van der Waals surface area contributed by atoms with Gasteiger partial charge < -0.3 is 21.1 Å². The summed E-state index contributed by atoms with van der Waals surface area (Å²) in [4.78, 5) is 14.9. The van der Waals surface area contributed by atoms with Gasteiger partial charge in [0, 0.05) is 22.7 Å². The number of hydrogen-bond acceptors (Lipinski definition) is 3. The van der Waals surface area contributed by atoms with Crippen LogP contribution >= 0.6 is 0 Å². The highest BCUT2D eigenvalue weighted by Gasteiger charge is 2.10. The molecular weight excluding hydrogens is 230 g/mol. The Balaban J connectivity index is 2.35. The van der Waals surface area contributed by atoms with E-state index in [0.717, 1.165) is 22.9 Å². The number of aromatic amines is 1. The zero-order chi connectivity index (χ0) is 13.1. The third-order valence-corrected chi connectivity index (χ3v) is 2.78. The van der Waals surface area contributed by atoms with Crippen LogP contribution in [0, 0.1) is 0 Å². The van der Waals surface area contributed by atoms with Crippen LogP contribution in [-0.2, 0) is 6.42 Å². The number of aromatic nitrogens is 1. The Bertz CT molecular complexity index is 560. The van der Waals surface area contributed by atoms with Gasteiger partial charge in [-0.3, -0.25) is 4.79 Å². The van der Waals surface area contributed by atoms with Crippen LogP contribution in [0.15, 0.2) is 24.4 Å². The molecule has 96 valence electrons. The van der Waals surface area contributed by atoms with Crippen molar-refractivity contribution >= 4 is 16.8 Å². The first-order valence-corrected chi connectivity index (χ1v) is 5.91. The summed E-state index contributed by atoms with van der Waals surface area (Å²) in [5.74, 6) is -0.285. The van der Waals surface area contributed by atoms with E-state index in [2.05, 4.69) is 10.3 Å². The number of nitrogens with one attached hydrogen (secondary N) is 2. The first-order valence-electron chi connectivity index (χ1n) is 5.91. The van der Waals surface area contributed by atoms with E-state index in [0.29, 0.717) is 12.1 Å². The lowest BCUT2D eigenvalue weighted by atomic mass is 10.1. The lowest BCUT2D eigenvalue weighted by Gasteiger charge is -2.07. The average molecular weight is 247 g/mol. The van der Waals surface area contributed by atoms with E-state index in [1.165, 1.54) is 6.92 Å². The second-order valence-electron chi connectivity index (χ2n) is 4.26. The fraction of sp³-hybridized carbons (Fsp3) is 0.308. The van der Waals surface area contributed by atoms with Crippen LogP contribution in [0.1, 0.15) is 22.8 Å². The summed E-state index contributed by atoms with van der Waals surface area (Å²) in [7, 11) is 0. The maximum absolute atomic E-state index is 11.8. The molecule has 18 heavy (non-hydrogen) atoms. The summed E-state index contributed by atoms with van der Waals surface area (Å²) in [5.41, 5.74) is 8.15. The quantitative estimate of drug-likeness (QED) is 0.600. The summed E-state index contributed by atoms with van der Waals surface area (Å²) in [6, 6.07) is 5.39. The van der Waals surface area contributed by atoms with Gasteiger partial charge in [-0.25, -0.2) is 0 Å². The number of amides is 1. The lowest BCUT2D eigenvalue weighted by molar-refractivity contribution is 0.0819. The van der Waals surface area contributed by atoms with Crippen LogP contribution < -0.4 is 11.1 Å². The monoisotopic (exact) mass is 247 g/mol. The fourth-order valence-electron chi connectivity index (χ4n) is 1.96. The number of H-pyrrole nitrogens is 1. The number of nitrogens with two attached hydrogens (primary N) is 1. The summed E-state index contributed by atoms with van der Waals surface area (Å²) in [6.07, 6.45) is 1.82. The van der Waals surface area contributed by atoms with Gasteiger partial charge in [0.2, 0.25) is 0 Å². The molecule has 0 saturated carbocycles. The molecule has 1 heterocycles. The molecule has 1 aromatic carbocycles. The molecule has 0 fully saturated rings. The van der Waals surface area contributed by atoms with E-state index in [1.807, 2.05) is 18.3 Å². The van der Waals surface area contributed by atoms with Crippen LogP contribution in [0.4, 0.5) is 0 Å². The van der Waals surface area contributed by atoms with Crippen molar-refractivity contribution in [3.05, 3.63) is 35.5 Å². The van der Waals surface area contributed by atoms with E-state index in [-0.39, 0.29) is 5.91 Å². The zero-order valence-electron chi connectivity index (χ0n) is 10.2. The number of benzene rings is 1. The minimum atomic E-state index is -0.858. The van der Waals surface area contributed by atoms with Crippen LogP contribution in [0.2, 0.25) is 0 Å². The number of aliphatic hydroxyl groups excluding tert-OH is 1. The van der Waals surface area contributed by atoms with Crippen molar-refractivity contribution < 1.29 is 9.90 Å². The third kappa shape index (κ3) is 2.52. The van der Waals surface area contributed by atoms with Gasteiger partial charge in [0.25, 0.3) is 5.91 Å². The molecule has 1 atom stereocenters. The Labute approximate surface area is 105 Å². The second-order valence-corrected chi connectivity index (χ2v) is 4.26. The maximum atomic E-state index is 11.8. The van der Waals surface area contributed by atoms with Crippen molar-refractivity contribution in [2.24, 2.45) is 5.73 Å². The average Bonchev–Trinajstić information content (AvgIpc) is 2.71. The Hall–Kier alpha value is -1.85. The molecule has 0 bridgehead atoms. The molecule has 0 saturated heterocycles. The Kier molecular flexibility index (Phi) is 3.64. The molecule has 1 amide bonds. The van der Waals surface area contributed by atoms with Crippen molar-refractivity contribution in [2.75, 3.05) is 6.54 Å². The number of carbonyl (C=O) groups excluding carboxylic acids is 1. The second kappa shape index (κ2) is 5.20. The van der Waals surface area contributed by atoms with Gasteiger partial charge in [-0.2, -0.15) is 0 Å². The van der Waals surface area contributed by atoms with Crippen molar-refractivity contribution in [3.63, 3.8) is 0 Å². The molecule has 5 heteroatoms. The molecular formula is C13H17N3O2. The molecule has 2 aromatic rings. The van der Waals surface area contributed by atoms with Gasteiger partial charge in [-0.1, -0.05) is 0 Å². The molecule has 5 N–H and O–H groups in total. The molecule has 1 aromatic heterocycles. The number of aliphatic hydroxyl groups is 1. The number of carbonyl (C=O) groups is 1. The number of rotatable bonds is 4. The van der Waals surface area contributed by atoms with Gasteiger partial charge in [0.05, 0.1) is 0 Å². The predicted octanol–water partition coefficient (Wildman–Crippen LogP) is 0.737. The van der Waals surface area contributed by atoms with E-state index >= 15 is 0 Å².